The summed E-state index contributed by atoms with van der Waals surface area (Å²) >= 11 is 5.76. The molecule has 24 heavy (non-hydrogen) atoms. The van der Waals surface area contributed by atoms with Gasteiger partial charge in [0.15, 0.2) is 0 Å². The molecule has 0 amide bonds. The second-order valence-electron chi connectivity index (χ2n) is 6.38. The number of thiophene rings is 3. The van der Waals surface area contributed by atoms with Gasteiger partial charge in [-0.15, -0.1) is 39.9 Å². The molecule has 0 spiro atoms. The third-order valence-electron chi connectivity index (χ3n) is 4.52. The lowest BCUT2D eigenvalue weighted by Gasteiger charge is -2.02. The smallest absolute Gasteiger partial charge is 0.0821 e. The maximum Gasteiger partial charge on any atom is 0.0821 e. The molecule has 0 aliphatic rings. The number of rotatable bonds is 9. The first-order valence-corrected chi connectivity index (χ1v) is 11.7. The van der Waals surface area contributed by atoms with E-state index in [0.717, 1.165) is 0 Å². The van der Waals surface area contributed by atoms with Gasteiger partial charge in [-0.1, -0.05) is 57.8 Å². The molecule has 0 aliphatic carbocycles. The van der Waals surface area contributed by atoms with Crippen LogP contribution in [-0.2, 0) is 6.42 Å². The van der Waals surface area contributed by atoms with Crippen LogP contribution in [0.5, 0.6) is 0 Å². The van der Waals surface area contributed by atoms with Crippen LogP contribution in [0.2, 0.25) is 0 Å². The maximum atomic E-state index is 3.36. The minimum Gasteiger partial charge on any atom is -0.141 e. The second-order valence-corrected chi connectivity index (χ2v) is 9.37. The van der Waals surface area contributed by atoms with E-state index >= 15 is 0 Å². The van der Waals surface area contributed by atoms with Crippen molar-refractivity contribution >= 4 is 52.8 Å². The molecule has 3 heteroatoms. The Hall–Kier alpha value is -0.820. The van der Waals surface area contributed by atoms with Gasteiger partial charge in [0.05, 0.1) is 19.0 Å². The van der Waals surface area contributed by atoms with Crippen LogP contribution in [0.25, 0.3) is 18.8 Å². The van der Waals surface area contributed by atoms with Crippen LogP contribution in [0.1, 0.15) is 75.7 Å². The normalized spacial score (nSPS) is 11.2. The van der Waals surface area contributed by atoms with E-state index in [2.05, 4.69) is 30.2 Å². The molecule has 0 bridgehead atoms. The monoisotopic (exact) mass is 374 g/mol. The Morgan fingerprint density at radius 2 is 1.62 bits per heavy atom. The lowest BCUT2D eigenvalue weighted by Crippen LogP contribution is -1.87. The highest BCUT2D eigenvalue weighted by molar-refractivity contribution is 7.38. The van der Waals surface area contributed by atoms with Gasteiger partial charge in [0.2, 0.25) is 0 Å². The predicted octanol–water partition coefficient (Wildman–Crippen LogP) is 8.23. The summed E-state index contributed by atoms with van der Waals surface area (Å²) in [6.07, 6.45) is 12.3. The summed E-state index contributed by atoms with van der Waals surface area (Å²) in [5.41, 5.74) is 1.53. The van der Waals surface area contributed by atoms with Gasteiger partial charge in [0, 0.05) is 4.70 Å². The molecule has 0 fully saturated rings. The third-order valence-corrected chi connectivity index (χ3v) is 8.22. The lowest BCUT2D eigenvalue weighted by atomic mass is 10.0. The van der Waals surface area contributed by atoms with E-state index in [9.17, 15) is 0 Å². The quantitative estimate of drug-likeness (QED) is 0.261. The molecule has 0 radical (unpaired) electrons. The van der Waals surface area contributed by atoms with Crippen LogP contribution >= 0.6 is 34.0 Å². The third kappa shape index (κ3) is 4.04. The summed E-state index contributed by atoms with van der Waals surface area (Å²) in [5.74, 6) is 6.48. The first-order valence-electron chi connectivity index (χ1n) is 9.19. The van der Waals surface area contributed by atoms with Crippen LogP contribution in [-0.4, -0.2) is 0 Å². The fourth-order valence-corrected chi connectivity index (χ4v) is 7.22. The van der Waals surface area contributed by atoms with Crippen molar-refractivity contribution in [2.45, 2.75) is 71.6 Å². The minimum atomic E-state index is 1.20. The molecule has 0 aliphatic heterocycles. The van der Waals surface area contributed by atoms with Crippen LogP contribution in [0.15, 0.2) is 11.4 Å². The van der Waals surface area contributed by atoms with Gasteiger partial charge in [0.1, 0.15) is 0 Å². The zero-order chi connectivity index (χ0) is 16.8. The molecule has 0 atom stereocenters. The number of hydrogen-bond donors (Lipinski definition) is 0. The van der Waals surface area contributed by atoms with Gasteiger partial charge in [0.25, 0.3) is 0 Å². The van der Waals surface area contributed by atoms with Gasteiger partial charge >= 0.3 is 0 Å². The van der Waals surface area contributed by atoms with Crippen molar-refractivity contribution in [3.05, 3.63) is 21.9 Å². The average molecular weight is 375 g/mol. The molecule has 0 aromatic carbocycles. The van der Waals surface area contributed by atoms with Crippen LogP contribution in [0.4, 0.5) is 0 Å². The van der Waals surface area contributed by atoms with Crippen molar-refractivity contribution in [2.24, 2.45) is 0 Å². The summed E-state index contributed by atoms with van der Waals surface area (Å²) in [6, 6.07) is 2.27. The molecule has 3 aromatic heterocycles. The maximum absolute atomic E-state index is 3.36. The zero-order valence-electron chi connectivity index (χ0n) is 14.7. The highest BCUT2D eigenvalue weighted by Gasteiger charge is 2.16. The van der Waals surface area contributed by atoms with Crippen molar-refractivity contribution in [3.63, 3.8) is 0 Å². The van der Waals surface area contributed by atoms with E-state index < -0.39 is 0 Å². The summed E-state index contributed by atoms with van der Waals surface area (Å²) in [5, 5.41) is 2.21. The van der Waals surface area contributed by atoms with Crippen LogP contribution in [0, 0.1) is 11.8 Å². The van der Waals surface area contributed by atoms with E-state index in [4.69, 9.17) is 0 Å². The largest absolute Gasteiger partial charge is 0.141 e. The SMILES string of the molecule is CC#Cc1sc2c(sc3ccsc32)c1CCCCCCCCCC. The Morgan fingerprint density at radius 1 is 0.875 bits per heavy atom. The fourth-order valence-electron chi connectivity index (χ4n) is 3.24. The predicted molar refractivity (Wildman–Crippen MR) is 114 cm³/mol. The van der Waals surface area contributed by atoms with Crippen molar-refractivity contribution in [3.8, 4) is 11.8 Å². The van der Waals surface area contributed by atoms with E-state index in [1.54, 1.807) is 0 Å². The number of unbranched alkanes of at least 4 members (excludes halogenated alkanes) is 7. The summed E-state index contributed by atoms with van der Waals surface area (Å²) in [7, 11) is 0. The van der Waals surface area contributed by atoms with E-state index in [0.29, 0.717) is 0 Å². The van der Waals surface area contributed by atoms with E-state index in [-0.39, 0.29) is 0 Å². The Kier molecular flexibility index (Phi) is 6.77. The molecule has 0 saturated heterocycles. The molecule has 128 valence electrons. The van der Waals surface area contributed by atoms with Crippen LogP contribution < -0.4 is 0 Å². The molecule has 0 unspecified atom stereocenters. The van der Waals surface area contributed by atoms with E-state index in [1.165, 1.54) is 87.0 Å². The summed E-state index contributed by atoms with van der Waals surface area (Å²) < 4.78 is 5.93. The molecule has 0 saturated carbocycles. The Bertz CT molecular complexity index is 835. The fraction of sp³-hybridized carbons (Fsp3) is 0.524. The molecular formula is C21H26S3. The Labute approximate surface area is 157 Å². The standard InChI is InChI=1S/C21H26S3/c1-3-5-6-7-8-9-10-11-13-16-17(12-4-2)23-21-19(16)24-18-14-15-22-20(18)21/h14-15H,3,5-11,13H2,1-2H3. The highest BCUT2D eigenvalue weighted by Crippen LogP contribution is 2.45. The highest BCUT2D eigenvalue weighted by atomic mass is 32.1. The Balaban J connectivity index is 1.62. The van der Waals surface area contributed by atoms with Gasteiger partial charge in [-0.25, -0.2) is 0 Å². The van der Waals surface area contributed by atoms with E-state index in [1.807, 2.05) is 40.9 Å². The molecule has 0 N–H and O–H groups in total. The molecular weight excluding hydrogens is 348 g/mol. The molecule has 3 aromatic rings. The lowest BCUT2D eigenvalue weighted by molar-refractivity contribution is 0.576. The Morgan fingerprint density at radius 3 is 2.38 bits per heavy atom. The number of hydrogen-bond acceptors (Lipinski definition) is 3. The van der Waals surface area contributed by atoms with Crippen LogP contribution in [0.3, 0.4) is 0 Å². The molecule has 3 rings (SSSR count). The van der Waals surface area contributed by atoms with Gasteiger partial charge < -0.3 is 0 Å². The van der Waals surface area contributed by atoms with Gasteiger partial charge in [-0.05, 0) is 36.8 Å². The summed E-state index contributed by atoms with van der Waals surface area (Å²) in [6.45, 7) is 4.24. The van der Waals surface area contributed by atoms with Crippen molar-refractivity contribution in [1.29, 1.82) is 0 Å². The summed E-state index contributed by atoms with van der Waals surface area (Å²) in [4.78, 5) is 1.32. The van der Waals surface area contributed by atoms with Gasteiger partial charge in [-0.3, -0.25) is 0 Å². The van der Waals surface area contributed by atoms with Gasteiger partial charge in [-0.2, -0.15) is 0 Å². The van der Waals surface area contributed by atoms with Crippen molar-refractivity contribution < 1.29 is 0 Å². The number of fused-ring (bicyclic) bond motifs is 3. The molecule has 0 nitrogen and oxygen atoms in total. The average Bonchev–Trinajstić information content (AvgIpc) is 3.23. The number of aryl methyl sites for hydroxylation is 1. The second kappa shape index (κ2) is 9.04. The zero-order valence-corrected chi connectivity index (χ0v) is 17.2. The minimum absolute atomic E-state index is 1.20. The first kappa shape index (κ1) is 18.0. The molecule has 3 heterocycles. The first-order chi connectivity index (χ1) is 11.8. The van der Waals surface area contributed by atoms with Crippen molar-refractivity contribution in [1.82, 2.24) is 0 Å². The van der Waals surface area contributed by atoms with Crippen molar-refractivity contribution in [2.75, 3.05) is 0 Å². The topological polar surface area (TPSA) is 0 Å².